The first kappa shape index (κ1) is 8.37. The van der Waals surface area contributed by atoms with Crippen molar-refractivity contribution in [3.8, 4) is 0 Å². The first-order valence-corrected chi connectivity index (χ1v) is 5.22. The average Bonchev–Trinajstić information content (AvgIpc) is 2.33. The Morgan fingerprint density at radius 1 is 1.40 bits per heavy atom. The highest BCUT2D eigenvalue weighted by Crippen LogP contribution is 2.17. The van der Waals surface area contributed by atoms with E-state index in [9.17, 15) is 5.21 Å². The maximum absolute atomic E-state index is 11.6. The van der Waals surface area contributed by atoms with E-state index in [-0.39, 0.29) is 4.65 Å². The molecule has 0 aliphatic carbocycles. The van der Waals surface area contributed by atoms with E-state index in [1.54, 1.807) is 11.8 Å². The zero-order chi connectivity index (χ0) is 7.45. The van der Waals surface area contributed by atoms with Gasteiger partial charge in [-0.05, 0) is 6.26 Å². The maximum atomic E-state index is 11.6. The molecule has 0 atom stereocenters. The van der Waals surface area contributed by atoms with Crippen LogP contribution in [0.5, 0.6) is 0 Å². The number of thioether (sulfide) groups is 1. The molecule has 10 heavy (non-hydrogen) atoms. The van der Waals surface area contributed by atoms with Gasteiger partial charge in [0.25, 0.3) is 0 Å². The lowest BCUT2D eigenvalue weighted by atomic mass is 10.4. The summed E-state index contributed by atoms with van der Waals surface area (Å²) in [6.45, 7) is 2.54. The lowest BCUT2D eigenvalue weighted by Crippen LogP contribution is -2.40. The quantitative estimate of drug-likeness (QED) is 0.462. The largest absolute Gasteiger partial charge is 0.633 e. The molecule has 1 fully saturated rings. The topological polar surface area (TPSA) is 23.1 Å². The Labute approximate surface area is 66.8 Å². The Morgan fingerprint density at radius 3 is 2.50 bits per heavy atom. The molecular formula is C7H15NOS. The Hall–Kier alpha value is 0.270. The van der Waals surface area contributed by atoms with E-state index in [0.29, 0.717) is 0 Å². The summed E-state index contributed by atoms with van der Waals surface area (Å²) in [6, 6.07) is 0. The standard InChI is InChI=1S/C7H15NOS/c1-10-7-6-8(9)4-2-3-5-8/h2-7H2,1H3. The van der Waals surface area contributed by atoms with Crippen LogP contribution < -0.4 is 0 Å². The van der Waals surface area contributed by atoms with Crippen molar-refractivity contribution in [2.45, 2.75) is 12.8 Å². The van der Waals surface area contributed by atoms with Gasteiger partial charge in [-0.1, -0.05) is 0 Å². The number of hydrogen-bond donors (Lipinski definition) is 0. The van der Waals surface area contributed by atoms with E-state index >= 15 is 0 Å². The summed E-state index contributed by atoms with van der Waals surface area (Å²) in [4.78, 5) is 0. The van der Waals surface area contributed by atoms with Crippen molar-refractivity contribution in [2.24, 2.45) is 0 Å². The molecule has 0 aromatic heterocycles. The molecular weight excluding hydrogens is 146 g/mol. The van der Waals surface area contributed by atoms with Crippen LogP contribution in [0.25, 0.3) is 0 Å². The second-order valence-corrected chi connectivity index (χ2v) is 3.91. The maximum Gasteiger partial charge on any atom is 0.0875 e. The van der Waals surface area contributed by atoms with E-state index in [1.807, 2.05) is 0 Å². The van der Waals surface area contributed by atoms with E-state index in [1.165, 1.54) is 0 Å². The predicted octanol–water partition coefficient (Wildman–Crippen LogP) is 1.46. The van der Waals surface area contributed by atoms with Crippen LogP contribution in [0, 0.1) is 5.21 Å². The van der Waals surface area contributed by atoms with Gasteiger partial charge in [0.15, 0.2) is 0 Å². The van der Waals surface area contributed by atoms with Crippen molar-refractivity contribution < 1.29 is 4.65 Å². The van der Waals surface area contributed by atoms with Gasteiger partial charge in [-0.3, -0.25) is 0 Å². The fourth-order valence-corrected chi connectivity index (χ4v) is 1.91. The molecule has 1 aliphatic heterocycles. The SMILES string of the molecule is CSCC[N+]1([O-])CCCC1. The first-order valence-electron chi connectivity index (χ1n) is 3.83. The highest BCUT2D eigenvalue weighted by atomic mass is 32.2. The van der Waals surface area contributed by atoms with E-state index < -0.39 is 0 Å². The molecule has 1 heterocycles. The molecule has 0 aromatic carbocycles. The van der Waals surface area contributed by atoms with Gasteiger partial charge in [0, 0.05) is 18.6 Å². The summed E-state index contributed by atoms with van der Waals surface area (Å²) in [6.07, 6.45) is 4.33. The Balaban J connectivity index is 2.22. The second-order valence-electron chi connectivity index (χ2n) is 2.93. The molecule has 0 spiro atoms. The van der Waals surface area contributed by atoms with Crippen LogP contribution in [0.1, 0.15) is 12.8 Å². The predicted molar refractivity (Wildman–Crippen MR) is 45.8 cm³/mol. The third-order valence-electron chi connectivity index (χ3n) is 2.08. The minimum absolute atomic E-state index is 0.0842. The molecule has 0 amide bonds. The van der Waals surface area contributed by atoms with Gasteiger partial charge in [0.2, 0.25) is 0 Å². The first-order chi connectivity index (χ1) is 4.77. The van der Waals surface area contributed by atoms with Gasteiger partial charge in [-0.2, -0.15) is 11.8 Å². The fourth-order valence-electron chi connectivity index (χ4n) is 1.39. The van der Waals surface area contributed by atoms with E-state index in [0.717, 1.165) is 38.2 Å². The molecule has 1 saturated heterocycles. The molecule has 0 N–H and O–H groups in total. The molecule has 1 aliphatic rings. The van der Waals surface area contributed by atoms with Crippen LogP contribution in [-0.4, -0.2) is 36.3 Å². The Bertz CT molecular complexity index is 102. The van der Waals surface area contributed by atoms with Gasteiger partial charge in [0.1, 0.15) is 0 Å². The molecule has 0 bridgehead atoms. The smallest absolute Gasteiger partial charge is 0.0875 e. The Kier molecular flexibility index (Phi) is 3.01. The number of hydroxylamine groups is 3. The number of nitrogens with zero attached hydrogens (tertiary/aromatic N) is 1. The van der Waals surface area contributed by atoms with Crippen molar-refractivity contribution in [3.63, 3.8) is 0 Å². The average molecular weight is 161 g/mol. The van der Waals surface area contributed by atoms with Crippen LogP contribution >= 0.6 is 11.8 Å². The van der Waals surface area contributed by atoms with Crippen molar-refractivity contribution in [3.05, 3.63) is 5.21 Å². The van der Waals surface area contributed by atoms with Gasteiger partial charge < -0.3 is 9.85 Å². The van der Waals surface area contributed by atoms with E-state index in [4.69, 9.17) is 0 Å². The summed E-state index contributed by atoms with van der Waals surface area (Å²) in [5, 5.41) is 11.6. The number of rotatable bonds is 3. The molecule has 2 nitrogen and oxygen atoms in total. The van der Waals surface area contributed by atoms with Crippen LogP contribution in [0.4, 0.5) is 0 Å². The van der Waals surface area contributed by atoms with Crippen molar-refractivity contribution in [2.75, 3.05) is 31.6 Å². The van der Waals surface area contributed by atoms with Gasteiger partial charge in [-0.15, -0.1) is 0 Å². The molecule has 3 heteroatoms. The minimum atomic E-state index is 0.0842. The molecule has 0 saturated carbocycles. The normalized spacial score (nSPS) is 23.4. The molecule has 60 valence electrons. The van der Waals surface area contributed by atoms with Crippen LogP contribution in [0.2, 0.25) is 0 Å². The van der Waals surface area contributed by atoms with Gasteiger partial charge >= 0.3 is 0 Å². The summed E-state index contributed by atoms with van der Waals surface area (Å²) in [5.41, 5.74) is 0. The monoisotopic (exact) mass is 161 g/mol. The third kappa shape index (κ3) is 2.15. The van der Waals surface area contributed by atoms with Crippen LogP contribution in [0.15, 0.2) is 0 Å². The van der Waals surface area contributed by atoms with Crippen molar-refractivity contribution >= 4 is 11.8 Å². The molecule has 0 unspecified atom stereocenters. The van der Waals surface area contributed by atoms with Crippen LogP contribution in [-0.2, 0) is 0 Å². The number of quaternary nitrogens is 1. The van der Waals surface area contributed by atoms with Crippen molar-refractivity contribution in [1.82, 2.24) is 0 Å². The zero-order valence-corrected chi connectivity index (χ0v) is 7.32. The molecule has 0 aromatic rings. The Morgan fingerprint density at radius 2 is 2.00 bits per heavy atom. The van der Waals surface area contributed by atoms with E-state index in [2.05, 4.69) is 6.26 Å². The summed E-state index contributed by atoms with van der Waals surface area (Å²) >= 11 is 1.77. The summed E-state index contributed by atoms with van der Waals surface area (Å²) in [7, 11) is 0. The highest BCUT2D eigenvalue weighted by Gasteiger charge is 2.21. The molecule has 0 radical (unpaired) electrons. The number of likely N-dealkylation sites (tertiary alicyclic amines) is 1. The lowest BCUT2D eigenvalue weighted by molar-refractivity contribution is -0.865. The minimum Gasteiger partial charge on any atom is -0.633 e. The second kappa shape index (κ2) is 3.60. The highest BCUT2D eigenvalue weighted by molar-refractivity contribution is 7.98. The summed E-state index contributed by atoms with van der Waals surface area (Å²) in [5.74, 6) is 1.02. The zero-order valence-electron chi connectivity index (χ0n) is 6.51. The fraction of sp³-hybridized carbons (Fsp3) is 1.00. The van der Waals surface area contributed by atoms with Gasteiger partial charge in [0.05, 0.1) is 19.6 Å². The van der Waals surface area contributed by atoms with Gasteiger partial charge in [-0.25, -0.2) is 0 Å². The summed E-state index contributed by atoms with van der Waals surface area (Å²) < 4.78 is 0.0842. The lowest BCUT2D eigenvalue weighted by Gasteiger charge is -2.38. The third-order valence-corrected chi connectivity index (χ3v) is 2.68. The number of hydrogen-bond acceptors (Lipinski definition) is 2. The van der Waals surface area contributed by atoms with Crippen molar-refractivity contribution in [1.29, 1.82) is 0 Å². The molecule has 1 rings (SSSR count). The van der Waals surface area contributed by atoms with Crippen LogP contribution in [0.3, 0.4) is 0 Å².